The van der Waals surface area contributed by atoms with Crippen LogP contribution in [-0.2, 0) is 16.1 Å². The molecule has 116 valence electrons. The van der Waals surface area contributed by atoms with E-state index in [1.54, 1.807) is 6.20 Å². The number of rotatable bonds is 6. The van der Waals surface area contributed by atoms with Crippen molar-refractivity contribution >= 4 is 11.7 Å². The van der Waals surface area contributed by atoms with Crippen LogP contribution in [0.2, 0.25) is 0 Å². The Labute approximate surface area is 125 Å². The molecule has 2 heterocycles. The first-order valence-corrected chi connectivity index (χ1v) is 7.41. The zero-order chi connectivity index (χ0) is 15.1. The zero-order valence-corrected chi connectivity index (χ0v) is 12.8. The molecule has 0 radical (unpaired) electrons. The first-order chi connectivity index (χ1) is 10.2. The Hall–Kier alpha value is -1.66. The second kappa shape index (κ2) is 7.95. The average Bonchev–Trinajstić information content (AvgIpc) is 2.54. The minimum absolute atomic E-state index is 0.0430. The van der Waals surface area contributed by atoms with Gasteiger partial charge in [-0.15, -0.1) is 0 Å². The number of aromatic nitrogens is 1. The summed E-state index contributed by atoms with van der Waals surface area (Å²) in [5, 5.41) is 6.00. The lowest BCUT2D eigenvalue weighted by atomic mass is 10.1. The molecule has 1 aliphatic rings. The first kappa shape index (κ1) is 15.7. The summed E-state index contributed by atoms with van der Waals surface area (Å²) in [5.74, 6) is 0.960. The lowest BCUT2D eigenvalue weighted by Gasteiger charge is -2.29. The molecule has 1 unspecified atom stereocenters. The Bertz CT molecular complexity index is 461. The van der Waals surface area contributed by atoms with E-state index in [1.807, 2.05) is 26.1 Å². The van der Waals surface area contributed by atoms with E-state index >= 15 is 0 Å². The molecule has 0 spiro atoms. The molecule has 1 amide bonds. The smallest absolute Gasteiger partial charge is 0.224 e. The number of hydrogen-bond donors (Lipinski definition) is 2. The molecule has 0 aliphatic carbocycles. The summed E-state index contributed by atoms with van der Waals surface area (Å²) in [6, 6.07) is 3.92. The molecule has 1 aromatic heterocycles. The fourth-order valence-corrected chi connectivity index (χ4v) is 2.38. The normalized spacial score (nSPS) is 16.6. The average molecular weight is 292 g/mol. The maximum Gasteiger partial charge on any atom is 0.224 e. The van der Waals surface area contributed by atoms with E-state index in [0.717, 1.165) is 37.7 Å². The van der Waals surface area contributed by atoms with Crippen molar-refractivity contribution in [1.29, 1.82) is 0 Å². The van der Waals surface area contributed by atoms with E-state index in [0.29, 0.717) is 13.1 Å². The van der Waals surface area contributed by atoms with Gasteiger partial charge in [0.2, 0.25) is 5.91 Å². The fraction of sp³-hybridized carbons (Fsp3) is 0.600. The number of carbonyl (C=O) groups excluding carboxylic acids is 1. The van der Waals surface area contributed by atoms with E-state index in [9.17, 15) is 4.79 Å². The molecule has 1 aliphatic heterocycles. The first-order valence-electron chi connectivity index (χ1n) is 7.41. The molecule has 2 N–H and O–H groups in total. The molecule has 0 saturated carbocycles. The van der Waals surface area contributed by atoms with Gasteiger partial charge >= 0.3 is 0 Å². The van der Waals surface area contributed by atoms with Gasteiger partial charge < -0.3 is 20.3 Å². The highest BCUT2D eigenvalue weighted by atomic mass is 16.5. The molecule has 1 atom stereocenters. The van der Waals surface area contributed by atoms with E-state index in [1.165, 1.54) is 0 Å². The number of amides is 1. The number of morpholine rings is 1. The standard InChI is InChI=1S/C15H24N4O2/c1-12(10-16-2)15(20)18-11-13-4-3-5-17-14(13)19-6-8-21-9-7-19/h3-5,12,16H,6-11H2,1-2H3,(H,18,20). The van der Waals surface area contributed by atoms with Crippen LogP contribution in [0.4, 0.5) is 5.82 Å². The van der Waals surface area contributed by atoms with E-state index < -0.39 is 0 Å². The third-order valence-corrected chi connectivity index (χ3v) is 3.59. The van der Waals surface area contributed by atoms with Crippen molar-refractivity contribution < 1.29 is 9.53 Å². The Morgan fingerprint density at radius 2 is 2.24 bits per heavy atom. The summed E-state index contributed by atoms with van der Waals surface area (Å²) in [7, 11) is 1.85. The molecule has 0 bridgehead atoms. The molecule has 6 heteroatoms. The monoisotopic (exact) mass is 292 g/mol. The van der Waals surface area contributed by atoms with Crippen LogP contribution in [-0.4, -0.2) is 50.8 Å². The lowest BCUT2D eigenvalue weighted by Crippen LogP contribution is -2.38. The van der Waals surface area contributed by atoms with Crippen LogP contribution < -0.4 is 15.5 Å². The Balaban J connectivity index is 1.98. The van der Waals surface area contributed by atoms with Crippen molar-refractivity contribution in [3.8, 4) is 0 Å². The Morgan fingerprint density at radius 3 is 2.95 bits per heavy atom. The minimum Gasteiger partial charge on any atom is -0.378 e. The van der Waals surface area contributed by atoms with Gasteiger partial charge in [0.25, 0.3) is 0 Å². The Kier molecular flexibility index (Phi) is 5.95. The number of ether oxygens (including phenoxy) is 1. The predicted octanol–water partition coefficient (Wildman–Crippen LogP) is 0.390. The second-order valence-electron chi connectivity index (χ2n) is 5.26. The van der Waals surface area contributed by atoms with Gasteiger partial charge in [0.1, 0.15) is 5.82 Å². The summed E-state index contributed by atoms with van der Waals surface area (Å²) < 4.78 is 5.37. The fourth-order valence-electron chi connectivity index (χ4n) is 2.38. The highest BCUT2D eigenvalue weighted by Crippen LogP contribution is 2.18. The molecule has 6 nitrogen and oxygen atoms in total. The van der Waals surface area contributed by atoms with Crippen molar-refractivity contribution in [2.45, 2.75) is 13.5 Å². The van der Waals surface area contributed by atoms with E-state index in [4.69, 9.17) is 4.74 Å². The summed E-state index contributed by atoms with van der Waals surface area (Å²) >= 11 is 0. The van der Waals surface area contributed by atoms with Crippen LogP contribution in [0.1, 0.15) is 12.5 Å². The molecular weight excluding hydrogens is 268 g/mol. The molecule has 21 heavy (non-hydrogen) atoms. The number of nitrogens with zero attached hydrogens (tertiary/aromatic N) is 2. The molecule has 1 saturated heterocycles. The van der Waals surface area contributed by atoms with Crippen molar-refractivity contribution in [2.75, 3.05) is 44.8 Å². The highest BCUT2D eigenvalue weighted by Gasteiger charge is 2.17. The number of hydrogen-bond acceptors (Lipinski definition) is 5. The van der Waals surface area contributed by atoms with Crippen LogP contribution in [0.5, 0.6) is 0 Å². The summed E-state index contributed by atoms with van der Waals surface area (Å²) in [5.41, 5.74) is 1.05. The van der Waals surface area contributed by atoms with Gasteiger partial charge in [-0.2, -0.15) is 0 Å². The van der Waals surface area contributed by atoms with Gasteiger partial charge in [-0.3, -0.25) is 4.79 Å². The molecule has 0 aromatic carbocycles. The predicted molar refractivity (Wildman–Crippen MR) is 82.2 cm³/mol. The van der Waals surface area contributed by atoms with Gasteiger partial charge in [-0.05, 0) is 13.1 Å². The molecular formula is C15H24N4O2. The van der Waals surface area contributed by atoms with Crippen LogP contribution in [0.3, 0.4) is 0 Å². The number of carbonyl (C=O) groups is 1. The van der Waals surface area contributed by atoms with Crippen LogP contribution in [0, 0.1) is 5.92 Å². The zero-order valence-electron chi connectivity index (χ0n) is 12.8. The van der Waals surface area contributed by atoms with Crippen LogP contribution in [0.15, 0.2) is 18.3 Å². The van der Waals surface area contributed by atoms with Crippen molar-refractivity contribution in [1.82, 2.24) is 15.6 Å². The van der Waals surface area contributed by atoms with Crippen molar-refractivity contribution in [3.63, 3.8) is 0 Å². The summed E-state index contributed by atoms with van der Waals surface area (Å²) in [4.78, 5) is 18.7. The molecule has 1 aromatic rings. The quantitative estimate of drug-likeness (QED) is 0.794. The third-order valence-electron chi connectivity index (χ3n) is 3.59. The van der Waals surface area contributed by atoms with Crippen molar-refractivity contribution in [2.24, 2.45) is 5.92 Å². The largest absolute Gasteiger partial charge is 0.378 e. The summed E-state index contributed by atoms with van der Waals surface area (Å²) in [6.45, 7) is 6.23. The number of nitrogens with one attached hydrogen (secondary N) is 2. The number of pyridine rings is 1. The van der Waals surface area contributed by atoms with Gasteiger partial charge in [-0.1, -0.05) is 13.0 Å². The highest BCUT2D eigenvalue weighted by molar-refractivity contribution is 5.78. The second-order valence-corrected chi connectivity index (χ2v) is 5.26. The van der Waals surface area contributed by atoms with Crippen LogP contribution >= 0.6 is 0 Å². The third kappa shape index (κ3) is 4.41. The molecule has 1 fully saturated rings. The van der Waals surface area contributed by atoms with Gasteiger partial charge in [0, 0.05) is 43.9 Å². The van der Waals surface area contributed by atoms with Gasteiger partial charge in [-0.25, -0.2) is 4.98 Å². The maximum atomic E-state index is 12.0. The van der Waals surface area contributed by atoms with Gasteiger partial charge in [0.05, 0.1) is 13.2 Å². The van der Waals surface area contributed by atoms with Crippen molar-refractivity contribution in [3.05, 3.63) is 23.9 Å². The SMILES string of the molecule is CNCC(C)C(=O)NCc1cccnc1N1CCOCC1. The Morgan fingerprint density at radius 1 is 1.48 bits per heavy atom. The topological polar surface area (TPSA) is 66.5 Å². The minimum atomic E-state index is -0.0430. The molecule has 2 rings (SSSR count). The maximum absolute atomic E-state index is 12.0. The number of anilines is 1. The van der Waals surface area contributed by atoms with E-state index in [2.05, 4.69) is 20.5 Å². The van der Waals surface area contributed by atoms with Crippen LogP contribution in [0.25, 0.3) is 0 Å². The van der Waals surface area contributed by atoms with E-state index in [-0.39, 0.29) is 11.8 Å². The lowest BCUT2D eigenvalue weighted by molar-refractivity contribution is -0.124. The summed E-state index contributed by atoms with van der Waals surface area (Å²) in [6.07, 6.45) is 1.79. The van der Waals surface area contributed by atoms with Gasteiger partial charge in [0.15, 0.2) is 0 Å².